The smallest absolute Gasteiger partial charge is 0.221 e. The van der Waals surface area contributed by atoms with Crippen molar-refractivity contribution in [2.45, 2.75) is 51.1 Å². The number of carbonyl (C=O) groups is 1. The summed E-state index contributed by atoms with van der Waals surface area (Å²) in [5, 5.41) is 11.5. The van der Waals surface area contributed by atoms with E-state index in [1.165, 1.54) is 19.3 Å². The Balaban J connectivity index is 1.46. The molecule has 3 N–H and O–H groups in total. The van der Waals surface area contributed by atoms with E-state index < -0.39 is 0 Å². The van der Waals surface area contributed by atoms with Gasteiger partial charge in [-0.1, -0.05) is 36.8 Å². The average Bonchev–Trinajstić information content (AvgIpc) is 2.82. The van der Waals surface area contributed by atoms with Crippen LogP contribution in [0.4, 0.5) is 0 Å². The van der Waals surface area contributed by atoms with Crippen molar-refractivity contribution in [1.29, 1.82) is 0 Å². The summed E-state index contributed by atoms with van der Waals surface area (Å²) in [5.41, 5.74) is 7.07. The van der Waals surface area contributed by atoms with Gasteiger partial charge in [0.2, 0.25) is 5.91 Å². The molecule has 1 aromatic carbocycles. The maximum Gasteiger partial charge on any atom is 0.221 e. The van der Waals surface area contributed by atoms with Gasteiger partial charge in [0.1, 0.15) is 11.6 Å². The first-order chi connectivity index (χ1) is 11.7. The second-order valence-electron chi connectivity index (χ2n) is 6.32. The van der Waals surface area contributed by atoms with Crippen molar-refractivity contribution in [3.63, 3.8) is 0 Å². The molecule has 0 aliphatic carbocycles. The van der Waals surface area contributed by atoms with E-state index in [1.807, 2.05) is 30.3 Å². The van der Waals surface area contributed by atoms with Crippen molar-refractivity contribution in [2.75, 3.05) is 6.54 Å². The van der Waals surface area contributed by atoms with E-state index in [4.69, 9.17) is 5.73 Å². The first kappa shape index (κ1) is 16.6. The molecule has 1 atom stereocenters. The number of aromatic nitrogens is 3. The fourth-order valence-corrected chi connectivity index (χ4v) is 3.13. The minimum Gasteiger partial charge on any atom is -0.356 e. The van der Waals surface area contributed by atoms with E-state index in [0.717, 1.165) is 30.2 Å². The summed E-state index contributed by atoms with van der Waals surface area (Å²) in [5.74, 6) is 2.03. The number of hydrogen-bond donors (Lipinski definition) is 2. The maximum atomic E-state index is 12.1. The van der Waals surface area contributed by atoms with Crippen molar-refractivity contribution in [3.05, 3.63) is 47.5 Å². The van der Waals surface area contributed by atoms with Gasteiger partial charge >= 0.3 is 0 Å². The number of nitrogens with two attached hydrogens (primary N) is 1. The molecule has 1 amide bonds. The topological polar surface area (TPSA) is 85.8 Å². The van der Waals surface area contributed by atoms with E-state index in [2.05, 4.69) is 20.1 Å². The molecule has 1 aliphatic heterocycles. The largest absolute Gasteiger partial charge is 0.356 e. The van der Waals surface area contributed by atoms with Gasteiger partial charge in [-0.2, -0.15) is 0 Å². The number of carbonyl (C=O) groups excluding carboxylic acids is 1. The first-order valence-corrected chi connectivity index (χ1v) is 8.72. The summed E-state index contributed by atoms with van der Waals surface area (Å²) in [4.78, 5) is 12.1. The number of rotatable bonds is 6. The molecule has 6 nitrogen and oxygen atoms in total. The van der Waals surface area contributed by atoms with Gasteiger partial charge in [-0.15, -0.1) is 10.2 Å². The Hall–Kier alpha value is -2.21. The monoisotopic (exact) mass is 327 g/mol. The summed E-state index contributed by atoms with van der Waals surface area (Å²) in [6.07, 6.45) is 5.62. The predicted octanol–water partition coefficient (Wildman–Crippen LogP) is 1.75. The summed E-state index contributed by atoms with van der Waals surface area (Å²) < 4.78 is 2.22. The zero-order chi connectivity index (χ0) is 16.8. The highest BCUT2D eigenvalue weighted by Crippen LogP contribution is 2.15. The third-order valence-electron chi connectivity index (χ3n) is 4.49. The van der Waals surface area contributed by atoms with Crippen LogP contribution in [0.5, 0.6) is 0 Å². The highest BCUT2D eigenvalue weighted by molar-refractivity contribution is 5.76. The third kappa shape index (κ3) is 4.20. The lowest BCUT2D eigenvalue weighted by Crippen LogP contribution is -2.29. The van der Waals surface area contributed by atoms with Crippen LogP contribution in [0.15, 0.2) is 30.3 Å². The number of nitrogens with zero attached hydrogens (tertiary/aromatic N) is 3. The fourth-order valence-electron chi connectivity index (χ4n) is 3.13. The second kappa shape index (κ2) is 8.06. The van der Waals surface area contributed by atoms with E-state index in [-0.39, 0.29) is 11.9 Å². The maximum absolute atomic E-state index is 12.1. The summed E-state index contributed by atoms with van der Waals surface area (Å²) in [6.45, 7) is 1.56. The van der Waals surface area contributed by atoms with Crippen LogP contribution in [-0.2, 0) is 24.2 Å². The molecule has 24 heavy (non-hydrogen) atoms. The molecule has 0 saturated heterocycles. The number of nitrogens with one attached hydrogen (secondary N) is 1. The zero-order valence-electron chi connectivity index (χ0n) is 13.9. The Morgan fingerprint density at radius 2 is 2.04 bits per heavy atom. The summed E-state index contributed by atoms with van der Waals surface area (Å²) in [6, 6.07) is 9.44. The number of amides is 1. The Kier molecular flexibility index (Phi) is 5.59. The van der Waals surface area contributed by atoms with Crippen LogP contribution in [0.25, 0.3) is 0 Å². The van der Waals surface area contributed by atoms with Crippen LogP contribution in [0.2, 0.25) is 0 Å². The average molecular weight is 327 g/mol. The number of aryl methyl sites for hydroxylation is 1. The van der Waals surface area contributed by atoms with E-state index in [9.17, 15) is 4.79 Å². The van der Waals surface area contributed by atoms with Gasteiger partial charge in [-0.05, 0) is 18.4 Å². The van der Waals surface area contributed by atoms with Gasteiger partial charge in [0.05, 0.1) is 0 Å². The van der Waals surface area contributed by atoms with E-state index in [1.54, 1.807) is 0 Å². The van der Waals surface area contributed by atoms with Gasteiger partial charge in [0, 0.05) is 38.4 Å². The molecule has 1 unspecified atom stereocenters. The molecule has 0 radical (unpaired) electrons. The van der Waals surface area contributed by atoms with Crippen LogP contribution in [0.1, 0.15) is 48.9 Å². The van der Waals surface area contributed by atoms with Crippen molar-refractivity contribution < 1.29 is 4.79 Å². The Morgan fingerprint density at radius 3 is 2.88 bits per heavy atom. The molecule has 1 aromatic heterocycles. The van der Waals surface area contributed by atoms with Gasteiger partial charge in [-0.3, -0.25) is 4.79 Å². The Bertz CT molecular complexity index is 667. The minimum absolute atomic E-state index is 0.0260. The number of hydrogen-bond acceptors (Lipinski definition) is 4. The standard InChI is InChI=1S/C18H25N5O/c19-15(14-7-3-1-4-8-14)13-18(24)20-11-10-17-22-21-16-9-5-2-6-12-23(16)17/h1,3-4,7-8,15H,2,5-6,9-13,19H2,(H,20,24). The van der Waals surface area contributed by atoms with Gasteiger partial charge in [-0.25, -0.2) is 0 Å². The molecular weight excluding hydrogens is 302 g/mol. The fraction of sp³-hybridized carbons (Fsp3) is 0.500. The molecular formula is C18H25N5O. The number of benzene rings is 1. The molecule has 0 saturated carbocycles. The normalized spacial score (nSPS) is 15.4. The summed E-state index contributed by atoms with van der Waals surface area (Å²) in [7, 11) is 0. The molecule has 3 rings (SSSR count). The molecule has 1 aliphatic rings. The van der Waals surface area contributed by atoms with Crippen molar-refractivity contribution in [3.8, 4) is 0 Å². The zero-order valence-corrected chi connectivity index (χ0v) is 13.9. The van der Waals surface area contributed by atoms with E-state index >= 15 is 0 Å². The lowest BCUT2D eigenvalue weighted by molar-refractivity contribution is -0.121. The van der Waals surface area contributed by atoms with Crippen LogP contribution >= 0.6 is 0 Å². The lowest BCUT2D eigenvalue weighted by atomic mass is 10.0. The number of fused-ring (bicyclic) bond motifs is 1. The third-order valence-corrected chi connectivity index (χ3v) is 4.49. The molecule has 6 heteroatoms. The van der Waals surface area contributed by atoms with Crippen molar-refractivity contribution >= 4 is 5.91 Å². The summed E-state index contributed by atoms with van der Waals surface area (Å²) >= 11 is 0. The highest BCUT2D eigenvalue weighted by Gasteiger charge is 2.15. The molecule has 128 valence electrons. The first-order valence-electron chi connectivity index (χ1n) is 8.72. The van der Waals surface area contributed by atoms with Gasteiger partial charge in [0.25, 0.3) is 0 Å². The predicted molar refractivity (Wildman–Crippen MR) is 92.3 cm³/mol. The van der Waals surface area contributed by atoms with Gasteiger partial charge in [0.15, 0.2) is 0 Å². The lowest BCUT2D eigenvalue weighted by Gasteiger charge is -2.12. The Labute approximate surface area is 142 Å². The second-order valence-corrected chi connectivity index (χ2v) is 6.32. The molecule has 0 fully saturated rings. The molecule has 0 spiro atoms. The van der Waals surface area contributed by atoms with Crippen LogP contribution < -0.4 is 11.1 Å². The van der Waals surface area contributed by atoms with Crippen molar-refractivity contribution in [1.82, 2.24) is 20.1 Å². The Morgan fingerprint density at radius 1 is 1.21 bits per heavy atom. The molecule has 2 aromatic rings. The van der Waals surface area contributed by atoms with Crippen LogP contribution in [0.3, 0.4) is 0 Å². The molecule has 0 bridgehead atoms. The van der Waals surface area contributed by atoms with Crippen LogP contribution in [-0.4, -0.2) is 27.2 Å². The van der Waals surface area contributed by atoms with Crippen molar-refractivity contribution in [2.24, 2.45) is 5.73 Å². The SMILES string of the molecule is NC(CC(=O)NCCc1nnc2n1CCCCC2)c1ccccc1. The van der Waals surface area contributed by atoms with E-state index in [0.29, 0.717) is 19.4 Å². The van der Waals surface area contributed by atoms with Gasteiger partial charge < -0.3 is 15.6 Å². The highest BCUT2D eigenvalue weighted by atomic mass is 16.1. The minimum atomic E-state index is -0.268. The van der Waals surface area contributed by atoms with Crippen LogP contribution in [0, 0.1) is 0 Å². The quantitative estimate of drug-likeness (QED) is 0.846. The molecule has 2 heterocycles.